The zero-order valence-corrected chi connectivity index (χ0v) is 48.1. The van der Waals surface area contributed by atoms with Crippen LogP contribution in [-0.2, 0) is 50.0 Å². The minimum Gasteiger partial charge on any atom is -0.493 e. The van der Waals surface area contributed by atoms with Gasteiger partial charge in [0.2, 0.25) is 29.5 Å². The predicted molar refractivity (Wildman–Crippen MR) is 318 cm³/mol. The van der Waals surface area contributed by atoms with Crippen LogP contribution in [0.25, 0.3) is 0 Å². The smallest absolute Gasteiger partial charge is 0.261 e. The molecule has 0 spiro atoms. The molecule has 0 saturated heterocycles. The Morgan fingerprint density at radius 1 is 0.634 bits per heavy atom. The third kappa shape index (κ3) is 14.0. The first-order chi connectivity index (χ1) is 39.5. The third-order valence-electron chi connectivity index (χ3n) is 14.2. The minimum absolute atomic E-state index is 0.00114. The van der Waals surface area contributed by atoms with E-state index in [1.54, 1.807) is 87.3 Å². The largest absolute Gasteiger partial charge is 0.493 e. The van der Waals surface area contributed by atoms with E-state index in [1.807, 2.05) is 68.4 Å². The number of anilines is 3. The Hall–Kier alpha value is -8.37. The van der Waals surface area contributed by atoms with Crippen LogP contribution < -0.4 is 55.3 Å². The normalized spacial score (nSPS) is 15.7. The number of hydrogen-bond donors (Lipinski definition) is 5. The van der Waals surface area contributed by atoms with Crippen molar-refractivity contribution in [1.82, 2.24) is 21.3 Å². The maximum absolute atomic E-state index is 14.1. The lowest BCUT2D eigenvalue weighted by Crippen LogP contribution is -2.43. The predicted octanol–water partition coefficient (Wildman–Crippen LogP) is 7.58. The first-order valence-electron chi connectivity index (χ1n) is 26.9. The van der Waals surface area contributed by atoms with Crippen LogP contribution in [0.5, 0.6) is 23.0 Å². The van der Waals surface area contributed by atoms with E-state index in [-0.39, 0.29) is 71.9 Å². The number of nitrogens with one attached hydrogen (secondary N) is 5. The van der Waals surface area contributed by atoms with Crippen molar-refractivity contribution in [1.29, 1.82) is 0 Å². The summed E-state index contributed by atoms with van der Waals surface area (Å²) in [5.41, 5.74) is 6.87. The molecule has 0 aromatic heterocycles. The van der Waals surface area contributed by atoms with Crippen LogP contribution >= 0.6 is 21.6 Å². The number of fused-ring (bicyclic) bond motifs is 8. The molecule has 82 heavy (non-hydrogen) atoms. The fraction of sp³-hybridized carbons (Fsp3) is 0.350. The molecule has 4 aliphatic heterocycles. The number of rotatable bonds is 24. The number of methoxy groups -OCH3 is 2. The van der Waals surface area contributed by atoms with Gasteiger partial charge in [0.05, 0.1) is 68.4 Å². The molecule has 0 fully saturated rings. The average molecular weight is 1150 g/mol. The highest BCUT2D eigenvalue weighted by Gasteiger charge is 2.38. The molecule has 5 aromatic rings. The number of carbonyl (C=O) groups excluding carboxylic acids is 7. The van der Waals surface area contributed by atoms with E-state index < -0.39 is 30.8 Å². The number of nitrogens with zero attached hydrogens (tertiary/aromatic N) is 4. The minimum atomic E-state index is -0.635. The van der Waals surface area contributed by atoms with Gasteiger partial charge < -0.3 is 45.5 Å². The molecular formula is C60H65N9O11S2. The van der Waals surface area contributed by atoms with Gasteiger partial charge in [-0.1, -0.05) is 64.9 Å². The van der Waals surface area contributed by atoms with Gasteiger partial charge in [0.25, 0.3) is 11.8 Å². The van der Waals surface area contributed by atoms with Crippen LogP contribution in [0, 0.1) is 0 Å². The van der Waals surface area contributed by atoms with Gasteiger partial charge in [0.15, 0.2) is 23.0 Å². The van der Waals surface area contributed by atoms with Crippen LogP contribution in [0.4, 0.5) is 28.4 Å². The summed E-state index contributed by atoms with van der Waals surface area (Å²) in [7, 11) is 7.91. The second-order valence-electron chi connectivity index (χ2n) is 20.7. The van der Waals surface area contributed by atoms with Crippen LogP contribution in [0.3, 0.4) is 0 Å². The number of benzene rings is 5. The number of aliphatic imine (C=N–C) groups is 2. The number of ether oxygens (including phenoxy) is 4. The average Bonchev–Trinajstić information content (AvgIpc) is 4.19. The number of para-hydroxylation sites is 2. The van der Waals surface area contributed by atoms with E-state index in [1.165, 1.54) is 14.2 Å². The van der Waals surface area contributed by atoms with Crippen LogP contribution in [0.1, 0.15) is 89.4 Å². The van der Waals surface area contributed by atoms with Crippen molar-refractivity contribution in [3.63, 3.8) is 0 Å². The van der Waals surface area contributed by atoms with Gasteiger partial charge in [0.1, 0.15) is 13.2 Å². The monoisotopic (exact) mass is 1150 g/mol. The maximum atomic E-state index is 14.1. The summed E-state index contributed by atoms with van der Waals surface area (Å²) in [4.78, 5) is 104. The third-order valence-corrected chi connectivity index (χ3v) is 18.1. The molecule has 5 aromatic carbocycles. The summed E-state index contributed by atoms with van der Waals surface area (Å²) in [5, 5.41) is 13.3. The summed E-state index contributed by atoms with van der Waals surface area (Å²) in [5.74, 6) is -1.28. The van der Waals surface area contributed by atoms with Crippen LogP contribution in [0.2, 0.25) is 0 Å². The molecule has 7 amide bonds. The quantitative estimate of drug-likeness (QED) is 0.0375. The Kier molecular flexibility index (Phi) is 18.5. The fourth-order valence-electron chi connectivity index (χ4n) is 9.83. The molecule has 22 heteroatoms. The molecular weight excluding hydrogens is 1090 g/mol. The lowest BCUT2D eigenvalue weighted by atomic mass is 10.1. The lowest BCUT2D eigenvalue weighted by Gasteiger charge is -2.24. The number of amides is 7. The van der Waals surface area contributed by atoms with Gasteiger partial charge in [-0.25, -0.2) is 0 Å². The molecule has 0 bridgehead atoms. The second kappa shape index (κ2) is 26.0. The van der Waals surface area contributed by atoms with E-state index in [0.717, 1.165) is 28.9 Å². The molecule has 1 unspecified atom stereocenters. The molecule has 4 heterocycles. The zero-order valence-electron chi connectivity index (χ0n) is 46.4. The Morgan fingerprint density at radius 2 is 1.12 bits per heavy atom. The SMILES string of the molecule is CNC(=O)CCC(C)SSC(C)(C)CCC(=O)NCC(=O)NCC(=O)NCC(=O)Nc1cc(COc2cc3c(cc2OC)C(=O)N2c4ccccc4C[C@H]2C=N3)cc(COc2cc3c(cc2OC)C(=O)N2c4ccccc4C[C@H]2C=N3)c1. The fourth-order valence-corrected chi connectivity index (χ4v) is 12.5. The molecule has 0 aliphatic carbocycles. The van der Waals surface area contributed by atoms with Crippen LogP contribution in [0.15, 0.2) is 101 Å². The topological polar surface area (TPSA) is 248 Å². The molecule has 3 atom stereocenters. The highest BCUT2D eigenvalue weighted by molar-refractivity contribution is 8.77. The summed E-state index contributed by atoms with van der Waals surface area (Å²) in [6.07, 6.45) is 6.75. The highest BCUT2D eigenvalue weighted by Crippen LogP contribution is 2.44. The molecule has 4 aliphatic rings. The Balaban J connectivity index is 0.837. The van der Waals surface area contributed by atoms with Crippen LogP contribution in [-0.4, -0.2) is 117 Å². The zero-order chi connectivity index (χ0) is 58.1. The van der Waals surface area contributed by atoms with Crippen molar-refractivity contribution in [3.8, 4) is 23.0 Å². The summed E-state index contributed by atoms with van der Waals surface area (Å²) < 4.78 is 24.1. The lowest BCUT2D eigenvalue weighted by molar-refractivity contribution is -0.128. The molecule has 0 saturated carbocycles. The first kappa shape index (κ1) is 58.3. The van der Waals surface area contributed by atoms with Gasteiger partial charge >= 0.3 is 0 Å². The molecule has 428 valence electrons. The van der Waals surface area contributed by atoms with Crippen molar-refractivity contribution in [2.75, 3.05) is 56.0 Å². The Labute approximate surface area is 483 Å². The van der Waals surface area contributed by atoms with Gasteiger partial charge in [-0.05, 0) is 91.4 Å². The summed E-state index contributed by atoms with van der Waals surface area (Å²) in [6, 6.07) is 26.9. The van der Waals surface area contributed by atoms with Crippen molar-refractivity contribution in [3.05, 3.63) is 124 Å². The molecule has 9 rings (SSSR count). The van der Waals surface area contributed by atoms with Gasteiger partial charge in [-0.15, -0.1) is 0 Å². The van der Waals surface area contributed by atoms with E-state index in [4.69, 9.17) is 28.9 Å². The summed E-state index contributed by atoms with van der Waals surface area (Å²) >= 11 is 0. The van der Waals surface area contributed by atoms with Gasteiger partial charge in [-0.3, -0.25) is 53.3 Å². The molecule has 5 N–H and O–H groups in total. The first-order valence-corrected chi connectivity index (χ1v) is 29.1. The second-order valence-corrected chi connectivity index (χ2v) is 24.0. The van der Waals surface area contributed by atoms with Crippen molar-refractivity contribution in [2.45, 2.75) is 94.6 Å². The highest BCUT2D eigenvalue weighted by atomic mass is 33.1. The van der Waals surface area contributed by atoms with Crippen molar-refractivity contribution in [2.24, 2.45) is 9.98 Å². The Morgan fingerprint density at radius 3 is 1.62 bits per heavy atom. The van der Waals surface area contributed by atoms with Gasteiger partial charge in [0, 0.05) is 84.4 Å². The van der Waals surface area contributed by atoms with Crippen molar-refractivity contribution >= 4 is 104 Å². The Bertz CT molecular complexity index is 3210. The number of carbonyl (C=O) groups is 7. The van der Waals surface area contributed by atoms with E-state index in [2.05, 4.69) is 33.5 Å². The molecule has 20 nitrogen and oxygen atoms in total. The maximum Gasteiger partial charge on any atom is 0.261 e. The summed E-state index contributed by atoms with van der Waals surface area (Å²) in [6.45, 7) is 4.83. The standard InChI is InChI=1S/C60H65N9O11S2/c1-35(15-16-53(70)61-4)81-82-60(2,3)18-17-54(71)64-30-55(72)65-31-56(73)66-32-57(74)67-40-20-36(33-79-51-26-45-43(24-49(51)77-5)58(75)68-41(28-62-45)22-38-11-7-9-13-47(38)68)19-37(21-40)34-80-52-27-46-44(25-50(52)78-6)59(76)69-42(29-63-46)23-39-12-8-10-14-48(39)69/h7-14,19-21,24-29,35,41-42H,15-18,22-23,30-34H2,1-6H3,(H,61,70)(H,64,71)(H,65,72)(H,66,73)(H,67,74)/t35?,41-,42-/m0/s1. The van der Waals surface area contributed by atoms with Crippen molar-refractivity contribution < 1.29 is 52.5 Å². The molecule has 0 radical (unpaired) electrons. The van der Waals surface area contributed by atoms with E-state index >= 15 is 0 Å². The van der Waals surface area contributed by atoms with E-state index in [0.29, 0.717) is 88.0 Å². The number of hydrogen-bond acceptors (Lipinski definition) is 15. The van der Waals surface area contributed by atoms with Gasteiger partial charge in [-0.2, -0.15) is 0 Å². The van der Waals surface area contributed by atoms with E-state index in [9.17, 15) is 33.6 Å².